The third kappa shape index (κ3) is 5.62. The van der Waals surface area contributed by atoms with Crippen molar-refractivity contribution in [2.24, 2.45) is 16.3 Å². The van der Waals surface area contributed by atoms with Gasteiger partial charge in [0.25, 0.3) is 0 Å². The van der Waals surface area contributed by atoms with Crippen LogP contribution < -0.4 is 5.73 Å². The Morgan fingerprint density at radius 1 is 1.39 bits per heavy atom. The van der Waals surface area contributed by atoms with Crippen LogP contribution in [0.3, 0.4) is 0 Å². The van der Waals surface area contributed by atoms with Gasteiger partial charge < -0.3 is 15.8 Å². The van der Waals surface area contributed by atoms with Crippen LogP contribution in [0, 0.1) is 5.41 Å². The summed E-state index contributed by atoms with van der Waals surface area (Å²) in [6.07, 6.45) is 0.777. The molecular weight excluding hydrogens is 250 g/mol. The van der Waals surface area contributed by atoms with Crippen LogP contribution in [-0.2, 0) is 4.79 Å². The number of nitrogens with two attached hydrogens (primary N) is 1. The number of rotatable bonds is 8. The van der Waals surface area contributed by atoms with Crippen LogP contribution in [0.4, 0.5) is 0 Å². The molecule has 0 heterocycles. The van der Waals surface area contributed by atoms with Crippen molar-refractivity contribution in [2.45, 2.75) is 34.1 Å². The molecule has 0 aromatic heterocycles. The summed E-state index contributed by atoms with van der Waals surface area (Å²) >= 11 is 1.59. The van der Waals surface area contributed by atoms with E-state index in [-0.39, 0.29) is 17.2 Å². The zero-order valence-electron chi connectivity index (χ0n) is 11.8. The zero-order valence-corrected chi connectivity index (χ0v) is 12.6. The van der Waals surface area contributed by atoms with Gasteiger partial charge in [0.15, 0.2) is 0 Å². The van der Waals surface area contributed by atoms with Crippen LogP contribution in [0.25, 0.3) is 0 Å². The van der Waals surface area contributed by atoms with Gasteiger partial charge in [-0.1, -0.05) is 19.0 Å². The first-order chi connectivity index (χ1) is 8.38. The molecule has 5 nitrogen and oxygen atoms in total. The van der Waals surface area contributed by atoms with Gasteiger partial charge in [0.1, 0.15) is 5.84 Å². The van der Waals surface area contributed by atoms with Gasteiger partial charge >= 0.3 is 0 Å². The third-order valence-electron chi connectivity index (χ3n) is 3.01. The first-order valence-electron chi connectivity index (χ1n) is 6.22. The van der Waals surface area contributed by atoms with E-state index in [0.717, 1.165) is 25.3 Å². The molecule has 0 fully saturated rings. The van der Waals surface area contributed by atoms with Crippen LogP contribution in [-0.4, -0.2) is 46.4 Å². The van der Waals surface area contributed by atoms with Gasteiger partial charge in [-0.2, -0.15) is 11.8 Å². The maximum atomic E-state index is 11.7. The van der Waals surface area contributed by atoms with E-state index >= 15 is 0 Å². The molecule has 6 heteroatoms. The van der Waals surface area contributed by atoms with Crippen molar-refractivity contribution in [3.05, 3.63) is 0 Å². The predicted octanol–water partition coefficient (Wildman–Crippen LogP) is 1.75. The number of amides is 1. The molecule has 0 aliphatic carbocycles. The summed E-state index contributed by atoms with van der Waals surface area (Å²) in [6, 6.07) is 0. The summed E-state index contributed by atoms with van der Waals surface area (Å²) in [7, 11) is 0. The Morgan fingerprint density at radius 3 is 2.39 bits per heavy atom. The Hall–Kier alpha value is -0.910. The van der Waals surface area contributed by atoms with Gasteiger partial charge in [-0.25, -0.2) is 0 Å². The van der Waals surface area contributed by atoms with E-state index in [1.165, 1.54) is 0 Å². The van der Waals surface area contributed by atoms with Crippen molar-refractivity contribution >= 4 is 23.5 Å². The first-order valence-corrected chi connectivity index (χ1v) is 7.38. The quantitative estimate of drug-likeness (QED) is 0.232. The molecule has 3 N–H and O–H groups in total. The summed E-state index contributed by atoms with van der Waals surface area (Å²) in [5.41, 5.74) is 5.27. The standard InChI is InChI=1S/C12H25N3O2S/c1-5-15(6-2)10(16)9-18-8-7-12(3,4)11(13)14-17/h17H,5-9H2,1-4H3,(H2,13,14). The second-order valence-corrected chi connectivity index (χ2v) is 5.84. The van der Waals surface area contributed by atoms with Gasteiger partial charge in [-0.05, 0) is 26.0 Å². The second kappa shape index (κ2) is 8.24. The Bertz CT molecular complexity index is 289. The van der Waals surface area contributed by atoms with Crippen molar-refractivity contribution in [1.29, 1.82) is 0 Å². The smallest absolute Gasteiger partial charge is 0.232 e. The molecule has 0 aliphatic heterocycles. The normalized spacial score (nSPS) is 12.6. The number of carbonyl (C=O) groups is 1. The third-order valence-corrected chi connectivity index (χ3v) is 3.96. The highest BCUT2D eigenvalue weighted by Crippen LogP contribution is 2.23. The monoisotopic (exact) mass is 275 g/mol. The molecule has 18 heavy (non-hydrogen) atoms. The Labute approximate surface area is 114 Å². The average Bonchev–Trinajstić information content (AvgIpc) is 2.35. The fourth-order valence-corrected chi connectivity index (χ4v) is 2.57. The maximum absolute atomic E-state index is 11.7. The Morgan fingerprint density at radius 2 is 1.94 bits per heavy atom. The highest BCUT2D eigenvalue weighted by atomic mass is 32.2. The molecule has 0 atom stereocenters. The lowest BCUT2D eigenvalue weighted by molar-refractivity contribution is -0.127. The highest BCUT2D eigenvalue weighted by Gasteiger charge is 2.23. The van der Waals surface area contributed by atoms with Crippen LogP contribution in [0.5, 0.6) is 0 Å². The van der Waals surface area contributed by atoms with Gasteiger partial charge in [0.05, 0.1) is 5.75 Å². The number of nitrogens with zero attached hydrogens (tertiary/aromatic N) is 2. The van der Waals surface area contributed by atoms with Crippen molar-refractivity contribution in [2.75, 3.05) is 24.6 Å². The van der Waals surface area contributed by atoms with Crippen LogP contribution in [0.1, 0.15) is 34.1 Å². The van der Waals surface area contributed by atoms with Crippen LogP contribution >= 0.6 is 11.8 Å². The number of amidine groups is 1. The molecule has 0 rings (SSSR count). The molecule has 1 amide bonds. The molecule has 0 aromatic rings. The van der Waals surface area contributed by atoms with Crippen molar-refractivity contribution in [3.8, 4) is 0 Å². The number of hydrogen-bond donors (Lipinski definition) is 2. The second-order valence-electron chi connectivity index (χ2n) is 4.74. The van der Waals surface area contributed by atoms with E-state index in [1.54, 1.807) is 11.8 Å². The van der Waals surface area contributed by atoms with Gasteiger partial charge in [-0.15, -0.1) is 0 Å². The van der Waals surface area contributed by atoms with Gasteiger partial charge in [0, 0.05) is 18.5 Å². The molecule has 106 valence electrons. The fraction of sp³-hybridized carbons (Fsp3) is 0.833. The molecule has 0 saturated carbocycles. The fourth-order valence-electron chi connectivity index (χ4n) is 1.42. The summed E-state index contributed by atoms with van der Waals surface area (Å²) < 4.78 is 0. The number of thioether (sulfide) groups is 1. The van der Waals surface area contributed by atoms with E-state index in [9.17, 15) is 4.79 Å². The number of oxime groups is 1. The SMILES string of the molecule is CCN(CC)C(=O)CSCCC(C)(C)C(N)=NO. The Balaban J connectivity index is 3.97. The molecule has 0 unspecified atom stereocenters. The summed E-state index contributed by atoms with van der Waals surface area (Å²) in [4.78, 5) is 13.6. The molecule has 0 aromatic carbocycles. The molecule has 0 radical (unpaired) electrons. The lowest BCUT2D eigenvalue weighted by Gasteiger charge is -2.23. The highest BCUT2D eigenvalue weighted by molar-refractivity contribution is 7.99. The van der Waals surface area contributed by atoms with E-state index < -0.39 is 0 Å². The van der Waals surface area contributed by atoms with E-state index in [0.29, 0.717) is 5.75 Å². The maximum Gasteiger partial charge on any atom is 0.232 e. The van der Waals surface area contributed by atoms with Crippen molar-refractivity contribution in [3.63, 3.8) is 0 Å². The minimum Gasteiger partial charge on any atom is -0.409 e. The van der Waals surface area contributed by atoms with E-state index in [2.05, 4.69) is 5.16 Å². The number of hydrogen-bond acceptors (Lipinski definition) is 4. The molecule has 0 bridgehead atoms. The van der Waals surface area contributed by atoms with Crippen molar-refractivity contribution < 1.29 is 10.0 Å². The van der Waals surface area contributed by atoms with Crippen LogP contribution in [0.15, 0.2) is 5.16 Å². The lowest BCUT2D eigenvalue weighted by Crippen LogP contribution is -2.33. The first kappa shape index (κ1) is 17.1. The Kier molecular flexibility index (Phi) is 7.82. The van der Waals surface area contributed by atoms with E-state index in [1.807, 2.05) is 32.6 Å². The largest absolute Gasteiger partial charge is 0.409 e. The lowest BCUT2D eigenvalue weighted by atomic mass is 9.89. The summed E-state index contributed by atoms with van der Waals surface area (Å²) in [5.74, 6) is 1.72. The van der Waals surface area contributed by atoms with Crippen LogP contribution in [0.2, 0.25) is 0 Å². The summed E-state index contributed by atoms with van der Waals surface area (Å²) in [6.45, 7) is 9.32. The molecular formula is C12H25N3O2S. The number of carbonyl (C=O) groups excluding carboxylic acids is 1. The zero-order chi connectivity index (χ0) is 14.2. The average molecular weight is 275 g/mol. The minimum atomic E-state index is -0.333. The summed E-state index contributed by atoms with van der Waals surface area (Å²) in [5, 5.41) is 11.7. The molecule has 0 saturated heterocycles. The van der Waals surface area contributed by atoms with Gasteiger partial charge in [0.2, 0.25) is 5.91 Å². The minimum absolute atomic E-state index is 0.173. The molecule has 0 spiro atoms. The topological polar surface area (TPSA) is 78.9 Å². The molecule has 0 aliphatic rings. The predicted molar refractivity (Wildman–Crippen MR) is 77.1 cm³/mol. The van der Waals surface area contributed by atoms with Crippen molar-refractivity contribution in [1.82, 2.24) is 4.90 Å². The van der Waals surface area contributed by atoms with Gasteiger partial charge in [-0.3, -0.25) is 4.79 Å². The van der Waals surface area contributed by atoms with E-state index in [4.69, 9.17) is 10.9 Å².